The number of carbonyl (C=O) groups is 3. The lowest BCUT2D eigenvalue weighted by Crippen LogP contribution is -2.53. The molecular formula is C19H25FN4O3. The van der Waals surface area contributed by atoms with Crippen LogP contribution < -0.4 is 15.5 Å². The lowest BCUT2D eigenvalue weighted by molar-refractivity contribution is -0.136. The second-order valence-electron chi connectivity index (χ2n) is 7.24. The Morgan fingerprint density at radius 2 is 1.96 bits per heavy atom. The van der Waals surface area contributed by atoms with Crippen LogP contribution in [-0.4, -0.2) is 54.5 Å². The van der Waals surface area contributed by atoms with Gasteiger partial charge in [0.05, 0.1) is 0 Å². The predicted molar refractivity (Wildman–Crippen MR) is 98.7 cm³/mol. The van der Waals surface area contributed by atoms with Gasteiger partial charge >= 0.3 is 6.03 Å². The van der Waals surface area contributed by atoms with Gasteiger partial charge in [-0.1, -0.05) is 19.9 Å². The lowest BCUT2D eigenvalue weighted by Gasteiger charge is -2.38. The average molecular weight is 376 g/mol. The van der Waals surface area contributed by atoms with Gasteiger partial charge in [-0.25, -0.2) is 9.18 Å². The second-order valence-corrected chi connectivity index (χ2v) is 7.24. The number of hydrogen-bond acceptors (Lipinski definition) is 4. The number of halogens is 1. The summed E-state index contributed by atoms with van der Waals surface area (Å²) in [7, 11) is 0. The number of piperazine rings is 1. The number of anilines is 1. The minimum absolute atomic E-state index is 0.0318. The maximum absolute atomic E-state index is 13.4. The van der Waals surface area contributed by atoms with E-state index in [9.17, 15) is 18.8 Å². The van der Waals surface area contributed by atoms with Crippen LogP contribution in [0.25, 0.3) is 0 Å². The van der Waals surface area contributed by atoms with Crippen LogP contribution in [0.5, 0.6) is 0 Å². The van der Waals surface area contributed by atoms with E-state index in [0.29, 0.717) is 32.6 Å². The van der Waals surface area contributed by atoms with Gasteiger partial charge in [-0.05, 0) is 31.0 Å². The summed E-state index contributed by atoms with van der Waals surface area (Å²) in [5.41, 5.74) is -0.208. The van der Waals surface area contributed by atoms with Crippen molar-refractivity contribution in [2.75, 3.05) is 31.1 Å². The van der Waals surface area contributed by atoms with E-state index in [1.165, 1.54) is 12.1 Å². The highest BCUT2D eigenvalue weighted by atomic mass is 19.1. The molecule has 27 heavy (non-hydrogen) atoms. The maximum Gasteiger partial charge on any atom is 0.322 e. The SMILES string of the molecule is CCC1(CC(C)C(=O)N2CCN(c3cccc(F)c3)CC2)NC(=O)NC1=O. The molecule has 0 aliphatic carbocycles. The van der Waals surface area contributed by atoms with E-state index in [0.717, 1.165) is 5.69 Å². The smallest absolute Gasteiger partial charge is 0.322 e. The minimum Gasteiger partial charge on any atom is -0.368 e. The molecule has 2 heterocycles. The average Bonchev–Trinajstić information content (AvgIpc) is 2.94. The Morgan fingerprint density at radius 1 is 1.26 bits per heavy atom. The fourth-order valence-corrected chi connectivity index (χ4v) is 3.84. The minimum atomic E-state index is -1.02. The molecule has 2 atom stereocenters. The first-order valence-electron chi connectivity index (χ1n) is 9.27. The summed E-state index contributed by atoms with van der Waals surface area (Å²) >= 11 is 0. The molecule has 2 aliphatic heterocycles. The molecule has 2 fully saturated rings. The lowest BCUT2D eigenvalue weighted by atomic mass is 9.85. The third-order valence-electron chi connectivity index (χ3n) is 5.46. The Morgan fingerprint density at radius 3 is 2.52 bits per heavy atom. The molecule has 0 radical (unpaired) electrons. The molecule has 0 aromatic heterocycles. The standard InChI is InChI=1S/C19H25FN4O3/c1-3-19(17(26)21-18(27)22-19)12-13(2)16(25)24-9-7-23(8-10-24)15-6-4-5-14(20)11-15/h4-6,11,13H,3,7-10,12H2,1-2H3,(H2,21,22,26,27). The molecule has 0 saturated carbocycles. The van der Waals surface area contributed by atoms with E-state index in [4.69, 9.17) is 0 Å². The number of urea groups is 1. The van der Waals surface area contributed by atoms with Crippen molar-refractivity contribution in [3.63, 3.8) is 0 Å². The zero-order chi connectivity index (χ0) is 19.6. The third-order valence-corrected chi connectivity index (χ3v) is 5.46. The fraction of sp³-hybridized carbons (Fsp3) is 0.526. The van der Waals surface area contributed by atoms with E-state index in [1.807, 2.05) is 13.0 Å². The monoisotopic (exact) mass is 376 g/mol. The maximum atomic E-state index is 13.4. The quantitative estimate of drug-likeness (QED) is 0.763. The summed E-state index contributed by atoms with van der Waals surface area (Å²) in [6.45, 7) is 5.93. The van der Waals surface area contributed by atoms with Gasteiger partial charge in [-0.2, -0.15) is 0 Å². The molecule has 1 aromatic rings. The van der Waals surface area contributed by atoms with Gasteiger partial charge in [0, 0.05) is 37.8 Å². The first-order valence-corrected chi connectivity index (χ1v) is 9.27. The summed E-state index contributed by atoms with van der Waals surface area (Å²) in [6.07, 6.45) is 0.694. The number of amides is 4. The summed E-state index contributed by atoms with van der Waals surface area (Å²) in [4.78, 5) is 40.3. The van der Waals surface area contributed by atoms with Gasteiger partial charge in [0.25, 0.3) is 5.91 Å². The Balaban J connectivity index is 1.58. The van der Waals surface area contributed by atoms with Crippen LogP contribution in [0.4, 0.5) is 14.9 Å². The molecular weight excluding hydrogens is 351 g/mol. The molecule has 2 unspecified atom stereocenters. The largest absolute Gasteiger partial charge is 0.368 e. The highest BCUT2D eigenvalue weighted by Gasteiger charge is 2.46. The van der Waals surface area contributed by atoms with E-state index < -0.39 is 17.5 Å². The molecule has 2 saturated heterocycles. The molecule has 8 heteroatoms. The van der Waals surface area contributed by atoms with Crippen LogP contribution in [0.3, 0.4) is 0 Å². The van der Waals surface area contributed by atoms with Crippen molar-refractivity contribution in [2.45, 2.75) is 32.2 Å². The van der Waals surface area contributed by atoms with Crippen molar-refractivity contribution in [1.82, 2.24) is 15.5 Å². The molecule has 146 valence electrons. The van der Waals surface area contributed by atoms with Gasteiger partial charge in [0.1, 0.15) is 11.4 Å². The van der Waals surface area contributed by atoms with Crippen LogP contribution >= 0.6 is 0 Å². The first kappa shape index (κ1) is 19.1. The second kappa shape index (κ2) is 7.54. The van der Waals surface area contributed by atoms with Crippen molar-refractivity contribution >= 4 is 23.5 Å². The molecule has 4 amide bonds. The van der Waals surface area contributed by atoms with Crippen molar-refractivity contribution in [2.24, 2.45) is 5.92 Å². The number of hydrogen-bond donors (Lipinski definition) is 2. The number of benzene rings is 1. The summed E-state index contributed by atoms with van der Waals surface area (Å²) in [5, 5.41) is 4.94. The molecule has 7 nitrogen and oxygen atoms in total. The number of imide groups is 1. The highest BCUT2D eigenvalue weighted by Crippen LogP contribution is 2.26. The molecule has 0 bridgehead atoms. The van der Waals surface area contributed by atoms with E-state index in [-0.39, 0.29) is 24.1 Å². The molecule has 1 aromatic carbocycles. The topological polar surface area (TPSA) is 81.8 Å². The molecule has 0 spiro atoms. The van der Waals surface area contributed by atoms with Crippen LogP contribution in [0.15, 0.2) is 24.3 Å². The van der Waals surface area contributed by atoms with Crippen LogP contribution in [-0.2, 0) is 9.59 Å². The zero-order valence-corrected chi connectivity index (χ0v) is 15.6. The predicted octanol–water partition coefficient (Wildman–Crippen LogP) is 1.49. The summed E-state index contributed by atoms with van der Waals surface area (Å²) in [6, 6.07) is 5.93. The van der Waals surface area contributed by atoms with Crippen molar-refractivity contribution in [1.29, 1.82) is 0 Å². The van der Waals surface area contributed by atoms with Crippen molar-refractivity contribution in [3.05, 3.63) is 30.1 Å². The Kier molecular flexibility index (Phi) is 5.34. The van der Waals surface area contributed by atoms with E-state index >= 15 is 0 Å². The fourth-order valence-electron chi connectivity index (χ4n) is 3.84. The Bertz CT molecular complexity index is 748. The molecule has 3 rings (SSSR count). The van der Waals surface area contributed by atoms with Crippen LogP contribution in [0.2, 0.25) is 0 Å². The van der Waals surface area contributed by atoms with E-state index in [2.05, 4.69) is 15.5 Å². The number of carbonyl (C=O) groups excluding carboxylic acids is 3. The first-order chi connectivity index (χ1) is 12.8. The van der Waals surface area contributed by atoms with Gasteiger partial charge in [-0.3, -0.25) is 14.9 Å². The van der Waals surface area contributed by atoms with Crippen LogP contribution in [0.1, 0.15) is 26.7 Å². The van der Waals surface area contributed by atoms with Gasteiger partial charge in [0.2, 0.25) is 5.91 Å². The number of nitrogens with one attached hydrogen (secondary N) is 2. The van der Waals surface area contributed by atoms with Crippen molar-refractivity contribution < 1.29 is 18.8 Å². The number of nitrogens with zero attached hydrogens (tertiary/aromatic N) is 2. The Hall–Kier alpha value is -2.64. The number of rotatable bonds is 5. The van der Waals surface area contributed by atoms with E-state index in [1.54, 1.807) is 17.9 Å². The third kappa shape index (κ3) is 3.89. The molecule has 2 N–H and O–H groups in total. The van der Waals surface area contributed by atoms with Crippen molar-refractivity contribution in [3.8, 4) is 0 Å². The van der Waals surface area contributed by atoms with Gasteiger partial charge in [0.15, 0.2) is 0 Å². The summed E-state index contributed by atoms with van der Waals surface area (Å²) < 4.78 is 13.4. The van der Waals surface area contributed by atoms with Gasteiger partial charge in [-0.15, -0.1) is 0 Å². The molecule has 2 aliphatic rings. The van der Waals surface area contributed by atoms with Gasteiger partial charge < -0.3 is 15.1 Å². The Labute approximate surface area is 157 Å². The van der Waals surface area contributed by atoms with Crippen LogP contribution in [0, 0.1) is 11.7 Å². The normalized spacial score (nSPS) is 23.8. The summed E-state index contributed by atoms with van der Waals surface area (Å²) in [5.74, 6) is -1.07. The zero-order valence-electron chi connectivity index (χ0n) is 15.6. The highest BCUT2D eigenvalue weighted by molar-refractivity contribution is 6.07.